The molecule has 1 aromatic carbocycles. The molecule has 1 aromatic heterocycles. The maximum Gasteiger partial charge on any atom is 0.250 e. The van der Waals surface area contributed by atoms with Crippen molar-refractivity contribution in [2.24, 2.45) is 0 Å². The Kier molecular flexibility index (Phi) is 4.93. The van der Waals surface area contributed by atoms with Gasteiger partial charge in [-0.2, -0.15) is 0 Å². The summed E-state index contributed by atoms with van der Waals surface area (Å²) in [6, 6.07) is 16.1. The van der Waals surface area contributed by atoms with Gasteiger partial charge in [0.05, 0.1) is 0 Å². The fraction of sp³-hybridized carbons (Fsp3) is 0.312. The molecule has 0 radical (unpaired) electrons. The first kappa shape index (κ1) is 13.6. The molecule has 2 aromatic rings. The van der Waals surface area contributed by atoms with Crippen LogP contribution in [0.4, 0.5) is 0 Å². The molecule has 1 unspecified atom stereocenters. The molecule has 1 atom stereocenters. The van der Waals surface area contributed by atoms with Crippen molar-refractivity contribution in [1.82, 2.24) is 9.88 Å². The average molecular weight is 256 g/mol. The summed E-state index contributed by atoms with van der Waals surface area (Å²) in [4.78, 5) is 11.5. The average Bonchev–Trinajstić information content (AvgIpc) is 2.42. The van der Waals surface area contributed by atoms with Gasteiger partial charge in [-0.3, -0.25) is 4.79 Å². The molecule has 0 bridgehead atoms. The van der Waals surface area contributed by atoms with Crippen LogP contribution in [0.25, 0.3) is 0 Å². The summed E-state index contributed by atoms with van der Waals surface area (Å²) >= 11 is 0. The third kappa shape index (κ3) is 4.38. The summed E-state index contributed by atoms with van der Waals surface area (Å²) < 4.78 is 1.72. The molecule has 0 saturated heterocycles. The minimum Gasteiger partial charge on any atom is -0.314 e. The Morgan fingerprint density at radius 2 is 1.84 bits per heavy atom. The molecular weight excluding hydrogens is 236 g/mol. The van der Waals surface area contributed by atoms with Crippen molar-refractivity contribution in [2.45, 2.75) is 25.9 Å². The van der Waals surface area contributed by atoms with E-state index in [1.165, 1.54) is 5.56 Å². The van der Waals surface area contributed by atoms with Crippen LogP contribution in [0.1, 0.15) is 12.5 Å². The lowest BCUT2D eigenvalue weighted by molar-refractivity contribution is 0.507. The van der Waals surface area contributed by atoms with E-state index in [1.807, 2.05) is 18.3 Å². The molecule has 0 amide bonds. The second kappa shape index (κ2) is 6.90. The first-order chi connectivity index (χ1) is 9.25. The minimum absolute atomic E-state index is 0.0556. The van der Waals surface area contributed by atoms with Crippen molar-refractivity contribution in [2.75, 3.05) is 6.54 Å². The fourth-order valence-electron chi connectivity index (χ4n) is 2.12. The highest BCUT2D eigenvalue weighted by molar-refractivity contribution is 5.15. The molecule has 0 spiro atoms. The molecular formula is C16H20N2O. The van der Waals surface area contributed by atoms with Gasteiger partial charge in [0, 0.05) is 31.4 Å². The van der Waals surface area contributed by atoms with Crippen LogP contribution in [0, 0.1) is 0 Å². The van der Waals surface area contributed by atoms with Gasteiger partial charge in [-0.1, -0.05) is 36.4 Å². The van der Waals surface area contributed by atoms with Crippen molar-refractivity contribution in [1.29, 1.82) is 0 Å². The number of aromatic nitrogens is 1. The van der Waals surface area contributed by atoms with Gasteiger partial charge in [-0.15, -0.1) is 0 Å². The predicted molar refractivity (Wildman–Crippen MR) is 78.3 cm³/mol. The lowest BCUT2D eigenvalue weighted by atomic mass is 10.1. The standard InChI is InChI=1S/C16H20N2O/c1-14(13-15-7-3-2-4-8-15)17-10-12-18-11-6-5-9-16(18)19/h2-9,11,14,17H,10,12-13H2,1H3. The van der Waals surface area contributed by atoms with Crippen LogP contribution in [-0.4, -0.2) is 17.2 Å². The molecule has 0 aliphatic carbocycles. The Labute approximate surface area is 113 Å². The number of nitrogens with one attached hydrogen (secondary N) is 1. The highest BCUT2D eigenvalue weighted by Crippen LogP contribution is 2.02. The molecule has 3 nitrogen and oxygen atoms in total. The quantitative estimate of drug-likeness (QED) is 0.858. The minimum atomic E-state index is 0.0556. The normalized spacial score (nSPS) is 12.3. The molecule has 3 heteroatoms. The Morgan fingerprint density at radius 1 is 1.11 bits per heavy atom. The highest BCUT2D eigenvalue weighted by atomic mass is 16.1. The van der Waals surface area contributed by atoms with Crippen LogP contribution in [0.3, 0.4) is 0 Å². The van der Waals surface area contributed by atoms with E-state index in [0.29, 0.717) is 12.6 Å². The molecule has 19 heavy (non-hydrogen) atoms. The van der Waals surface area contributed by atoms with E-state index in [9.17, 15) is 4.79 Å². The molecule has 100 valence electrons. The topological polar surface area (TPSA) is 34.0 Å². The van der Waals surface area contributed by atoms with Crippen LogP contribution < -0.4 is 10.9 Å². The highest BCUT2D eigenvalue weighted by Gasteiger charge is 2.02. The van der Waals surface area contributed by atoms with E-state index in [-0.39, 0.29) is 5.56 Å². The lowest BCUT2D eigenvalue weighted by Crippen LogP contribution is -2.33. The number of hydrogen-bond donors (Lipinski definition) is 1. The van der Waals surface area contributed by atoms with E-state index in [1.54, 1.807) is 16.7 Å². The predicted octanol–water partition coefficient (Wildman–Crippen LogP) is 2.07. The third-order valence-electron chi connectivity index (χ3n) is 3.13. The number of pyridine rings is 1. The number of benzene rings is 1. The zero-order valence-corrected chi connectivity index (χ0v) is 11.3. The lowest BCUT2D eigenvalue weighted by Gasteiger charge is -2.14. The van der Waals surface area contributed by atoms with Crippen molar-refractivity contribution in [3.63, 3.8) is 0 Å². The van der Waals surface area contributed by atoms with E-state index in [2.05, 4.69) is 36.5 Å². The summed E-state index contributed by atoms with van der Waals surface area (Å²) in [6.07, 6.45) is 2.83. The van der Waals surface area contributed by atoms with E-state index in [4.69, 9.17) is 0 Å². The monoisotopic (exact) mass is 256 g/mol. The summed E-state index contributed by atoms with van der Waals surface area (Å²) in [6.45, 7) is 3.68. The van der Waals surface area contributed by atoms with Crippen LogP contribution >= 0.6 is 0 Å². The number of hydrogen-bond acceptors (Lipinski definition) is 2. The second-order valence-corrected chi connectivity index (χ2v) is 4.78. The third-order valence-corrected chi connectivity index (χ3v) is 3.13. The van der Waals surface area contributed by atoms with E-state index >= 15 is 0 Å². The van der Waals surface area contributed by atoms with Gasteiger partial charge in [0.15, 0.2) is 0 Å². The number of rotatable bonds is 6. The molecule has 0 saturated carbocycles. The molecule has 0 aliphatic heterocycles. The van der Waals surface area contributed by atoms with Gasteiger partial charge in [0.25, 0.3) is 5.56 Å². The van der Waals surface area contributed by atoms with Crippen molar-refractivity contribution >= 4 is 0 Å². The first-order valence-corrected chi connectivity index (χ1v) is 6.68. The van der Waals surface area contributed by atoms with Crippen LogP contribution in [0.2, 0.25) is 0 Å². The molecule has 0 aliphatic rings. The van der Waals surface area contributed by atoms with Gasteiger partial charge >= 0.3 is 0 Å². The van der Waals surface area contributed by atoms with E-state index in [0.717, 1.165) is 13.0 Å². The van der Waals surface area contributed by atoms with Crippen molar-refractivity contribution in [3.05, 3.63) is 70.6 Å². The summed E-state index contributed by atoms with van der Waals surface area (Å²) in [5.41, 5.74) is 1.39. The Balaban J connectivity index is 1.77. The summed E-state index contributed by atoms with van der Waals surface area (Å²) in [7, 11) is 0. The first-order valence-electron chi connectivity index (χ1n) is 6.68. The Bertz CT molecular complexity index is 548. The van der Waals surface area contributed by atoms with Gasteiger partial charge in [0.1, 0.15) is 0 Å². The smallest absolute Gasteiger partial charge is 0.250 e. The maximum absolute atomic E-state index is 11.5. The Hall–Kier alpha value is -1.87. The summed E-state index contributed by atoms with van der Waals surface area (Å²) in [5.74, 6) is 0. The van der Waals surface area contributed by atoms with Gasteiger partial charge in [-0.05, 0) is 25.0 Å². The largest absolute Gasteiger partial charge is 0.314 e. The fourth-order valence-corrected chi connectivity index (χ4v) is 2.12. The molecule has 1 heterocycles. The summed E-state index contributed by atoms with van der Waals surface area (Å²) in [5, 5.41) is 3.45. The molecule has 1 N–H and O–H groups in total. The van der Waals surface area contributed by atoms with Crippen LogP contribution in [0.5, 0.6) is 0 Å². The van der Waals surface area contributed by atoms with Gasteiger partial charge in [-0.25, -0.2) is 0 Å². The van der Waals surface area contributed by atoms with Gasteiger partial charge in [0.2, 0.25) is 0 Å². The number of nitrogens with zero attached hydrogens (tertiary/aromatic N) is 1. The second-order valence-electron chi connectivity index (χ2n) is 4.78. The van der Waals surface area contributed by atoms with Gasteiger partial charge < -0.3 is 9.88 Å². The van der Waals surface area contributed by atoms with E-state index < -0.39 is 0 Å². The zero-order chi connectivity index (χ0) is 13.5. The molecule has 0 fully saturated rings. The van der Waals surface area contributed by atoms with Crippen molar-refractivity contribution in [3.8, 4) is 0 Å². The Morgan fingerprint density at radius 3 is 2.58 bits per heavy atom. The molecule has 2 rings (SSSR count). The zero-order valence-electron chi connectivity index (χ0n) is 11.3. The van der Waals surface area contributed by atoms with Crippen LogP contribution in [0.15, 0.2) is 59.5 Å². The maximum atomic E-state index is 11.5. The van der Waals surface area contributed by atoms with Crippen LogP contribution in [-0.2, 0) is 13.0 Å². The SMILES string of the molecule is CC(Cc1ccccc1)NCCn1ccccc1=O. The van der Waals surface area contributed by atoms with Crippen molar-refractivity contribution < 1.29 is 0 Å².